The Labute approximate surface area is 79.9 Å². The van der Waals surface area contributed by atoms with Gasteiger partial charge in [0.1, 0.15) is 0 Å². The SMILES string of the molecule is COCNC(C)(C)c1ccccc1. The fraction of sp³-hybridized carbons (Fsp3) is 0.455. The molecule has 0 fully saturated rings. The first-order valence-corrected chi connectivity index (χ1v) is 4.46. The monoisotopic (exact) mass is 179 g/mol. The fourth-order valence-electron chi connectivity index (χ4n) is 1.21. The quantitative estimate of drug-likeness (QED) is 0.715. The van der Waals surface area contributed by atoms with Crippen LogP contribution in [-0.4, -0.2) is 13.8 Å². The van der Waals surface area contributed by atoms with Gasteiger partial charge in [0.15, 0.2) is 0 Å². The first-order chi connectivity index (χ1) is 6.17. The molecule has 0 aliphatic rings. The van der Waals surface area contributed by atoms with Gasteiger partial charge in [-0.25, -0.2) is 0 Å². The average Bonchev–Trinajstić information content (AvgIpc) is 2.16. The molecule has 0 bridgehead atoms. The minimum absolute atomic E-state index is 0.0305. The normalized spacial score (nSPS) is 11.6. The van der Waals surface area contributed by atoms with Gasteiger partial charge < -0.3 is 4.74 Å². The van der Waals surface area contributed by atoms with Crippen LogP contribution in [-0.2, 0) is 10.3 Å². The van der Waals surface area contributed by atoms with E-state index in [-0.39, 0.29) is 5.54 Å². The third-order valence-electron chi connectivity index (χ3n) is 2.15. The molecular formula is C11H17NO. The second-order valence-electron chi connectivity index (χ2n) is 3.60. The molecule has 1 aromatic rings. The van der Waals surface area contributed by atoms with E-state index in [0.29, 0.717) is 6.73 Å². The molecule has 2 heteroatoms. The van der Waals surface area contributed by atoms with Gasteiger partial charge in [-0.2, -0.15) is 0 Å². The van der Waals surface area contributed by atoms with Crippen LogP contribution in [0.25, 0.3) is 0 Å². The number of hydrogen-bond donors (Lipinski definition) is 1. The molecule has 0 amide bonds. The van der Waals surface area contributed by atoms with Crippen LogP contribution in [0.4, 0.5) is 0 Å². The Morgan fingerprint density at radius 3 is 2.38 bits per heavy atom. The Morgan fingerprint density at radius 2 is 1.85 bits per heavy atom. The minimum Gasteiger partial charge on any atom is -0.370 e. The number of methoxy groups -OCH3 is 1. The van der Waals surface area contributed by atoms with E-state index in [0.717, 1.165) is 0 Å². The molecule has 0 radical (unpaired) electrons. The number of nitrogens with one attached hydrogen (secondary N) is 1. The number of hydrogen-bond acceptors (Lipinski definition) is 2. The van der Waals surface area contributed by atoms with E-state index in [1.165, 1.54) is 5.56 Å². The summed E-state index contributed by atoms with van der Waals surface area (Å²) in [6.07, 6.45) is 0. The van der Waals surface area contributed by atoms with Crippen molar-refractivity contribution < 1.29 is 4.74 Å². The molecule has 0 heterocycles. The topological polar surface area (TPSA) is 21.3 Å². The number of ether oxygens (including phenoxy) is 1. The average molecular weight is 179 g/mol. The van der Waals surface area contributed by atoms with Crippen LogP contribution in [0.15, 0.2) is 30.3 Å². The Hall–Kier alpha value is -0.860. The van der Waals surface area contributed by atoms with Crippen molar-refractivity contribution in [3.05, 3.63) is 35.9 Å². The van der Waals surface area contributed by atoms with Crippen LogP contribution in [0.3, 0.4) is 0 Å². The number of rotatable bonds is 4. The summed E-state index contributed by atoms with van der Waals surface area (Å²) in [4.78, 5) is 0. The summed E-state index contributed by atoms with van der Waals surface area (Å²) in [6.45, 7) is 4.85. The van der Waals surface area contributed by atoms with Crippen LogP contribution in [0.2, 0.25) is 0 Å². The van der Waals surface area contributed by atoms with Gasteiger partial charge in [-0.1, -0.05) is 30.3 Å². The number of benzene rings is 1. The van der Waals surface area contributed by atoms with Crippen molar-refractivity contribution in [1.82, 2.24) is 5.32 Å². The molecular weight excluding hydrogens is 162 g/mol. The van der Waals surface area contributed by atoms with Crippen LogP contribution in [0.5, 0.6) is 0 Å². The smallest absolute Gasteiger partial charge is 0.0968 e. The van der Waals surface area contributed by atoms with Gasteiger partial charge in [-0.3, -0.25) is 5.32 Å². The third-order valence-corrected chi connectivity index (χ3v) is 2.15. The van der Waals surface area contributed by atoms with E-state index < -0.39 is 0 Å². The lowest BCUT2D eigenvalue weighted by molar-refractivity contribution is 0.145. The fourth-order valence-corrected chi connectivity index (χ4v) is 1.21. The Balaban J connectivity index is 2.69. The minimum atomic E-state index is -0.0305. The molecule has 1 aromatic carbocycles. The second-order valence-corrected chi connectivity index (χ2v) is 3.60. The van der Waals surface area contributed by atoms with Gasteiger partial charge in [0.05, 0.1) is 6.73 Å². The van der Waals surface area contributed by atoms with Gasteiger partial charge in [-0.05, 0) is 19.4 Å². The maximum absolute atomic E-state index is 4.99. The molecule has 1 rings (SSSR count). The summed E-state index contributed by atoms with van der Waals surface area (Å²) in [5.74, 6) is 0. The maximum Gasteiger partial charge on any atom is 0.0968 e. The van der Waals surface area contributed by atoms with Crippen LogP contribution < -0.4 is 5.32 Å². The molecule has 0 saturated carbocycles. The van der Waals surface area contributed by atoms with Crippen molar-refractivity contribution in [2.24, 2.45) is 0 Å². The van der Waals surface area contributed by atoms with Crippen molar-refractivity contribution in [3.8, 4) is 0 Å². The highest BCUT2D eigenvalue weighted by Crippen LogP contribution is 2.18. The van der Waals surface area contributed by atoms with Gasteiger partial charge in [0.2, 0.25) is 0 Å². The van der Waals surface area contributed by atoms with Crippen molar-refractivity contribution in [2.45, 2.75) is 19.4 Å². The van der Waals surface area contributed by atoms with E-state index in [1.54, 1.807) is 7.11 Å². The molecule has 0 spiro atoms. The first kappa shape index (κ1) is 10.2. The lowest BCUT2D eigenvalue weighted by Crippen LogP contribution is -2.37. The van der Waals surface area contributed by atoms with Crippen molar-refractivity contribution >= 4 is 0 Å². The van der Waals surface area contributed by atoms with E-state index in [9.17, 15) is 0 Å². The molecule has 13 heavy (non-hydrogen) atoms. The summed E-state index contributed by atoms with van der Waals surface area (Å²) in [6, 6.07) is 10.3. The van der Waals surface area contributed by atoms with Crippen LogP contribution in [0.1, 0.15) is 19.4 Å². The van der Waals surface area contributed by atoms with E-state index >= 15 is 0 Å². The molecule has 0 aliphatic carbocycles. The predicted octanol–water partition coefficient (Wildman–Crippen LogP) is 2.12. The highest BCUT2D eigenvalue weighted by Gasteiger charge is 2.18. The van der Waals surface area contributed by atoms with Crippen molar-refractivity contribution in [3.63, 3.8) is 0 Å². The summed E-state index contributed by atoms with van der Waals surface area (Å²) >= 11 is 0. The zero-order valence-electron chi connectivity index (χ0n) is 8.50. The second kappa shape index (κ2) is 4.40. The maximum atomic E-state index is 4.99. The molecule has 0 unspecified atom stereocenters. The zero-order valence-corrected chi connectivity index (χ0v) is 8.50. The lowest BCUT2D eigenvalue weighted by atomic mass is 9.95. The zero-order chi connectivity index (χ0) is 9.73. The Bertz CT molecular complexity index is 244. The van der Waals surface area contributed by atoms with Crippen LogP contribution >= 0.6 is 0 Å². The lowest BCUT2D eigenvalue weighted by Gasteiger charge is -2.26. The summed E-state index contributed by atoms with van der Waals surface area (Å²) in [5, 5.41) is 3.30. The van der Waals surface area contributed by atoms with Crippen LogP contribution in [0, 0.1) is 0 Å². The van der Waals surface area contributed by atoms with Crippen molar-refractivity contribution in [1.29, 1.82) is 0 Å². The molecule has 0 aromatic heterocycles. The molecule has 0 saturated heterocycles. The van der Waals surface area contributed by atoms with Gasteiger partial charge in [-0.15, -0.1) is 0 Å². The molecule has 0 aliphatic heterocycles. The molecule has 2 nitrogen and oxygen atoms in total. The summed E-state index contributed by atoms with van der Waals surface area (Å²) < 4.78 is 4.99. The van der Waals surface area contributed by atoms with E-state index in [1.807, 2.05) is 18.2 Å². The van der Waals surface area contributed by atoms with E-state index in [2.05, 4.69) is 31.3 Å². The highest BCUT2D eigenvalue weighted by molar-refractivity contribution is 5.22. The first-order valence-electron chi connectivity index (χ1n) is 4.46. The summed E-state index contributed by atoms with van der Waals surface area (Å²) in [5.41, 5.74) is 1.24. The molecule has 0 atom stereocenters. The van der Waals surface area contributed by atoms with Gasteiger partial charge in [0.25, 0.3) is 0 Å². The highest BCUT2D eigenvalue weighted by atomic mass is 16.5. The van der Waals surface area contributed by atoms with Gasteiger partial charge in [0, 0.05) is 12.6 Å². The molecule has 72 valence electrons. The summed E-state index contributed by atoms with van der Waals surface area (Å²) in [7, 11) is 1.69. The van der Waals surface area contributed by atoms with Gasteiger partial charge >= 0.3 is 0 Å². The van der Waals surface area contributed by atoms with E-state index in [4.69, 9.17) is 4.74 Å². The Kier molecular flexibility index (Phi) is 3.46. The third kappa shape index (κ3) is 2.83. The largest absolute Gasteiger partial charge is 0.370 e. The molecule has 1 N–H and O–H groups in total. The predicted molar refractivity (Wildman–Crippen MR) is 54.5 cm³/mol. The Morgan fingerprint density at radius 1 is 1.23 bits per heavy atom. The van der Waals surface area contributed by atoms with Crippen molar-refractivity contribution in [2.75, 3.05) is 13.8 Å². The standard InChI is InChI=1S/C11H17NO/c1-11(2,12-9-13-3)10-7-5-4-6-8-10/h4-8,12H,9H2,1-3H3.